The summed E-state index contributed by atoms with van der Waals surface area (Å²) >= 11 is 0. The molecular weight excluding hydrogens is 264 g/mol. The number of pyridine rings is 2. The number of hydrogen-bond acceptors (Lipinski definition) is 4. The molecule has 0 radical (unpaired) electrons. The van der Waals surface area contributed by atoms with Crippen molar-refractivity contribution in [1.29, 1.82) is 0 Å². The molecule has 0 aliphatic rings. The number of anilines is 2. The van der Waals surface area contributed by atoms with E-state index in [0.29, 0.717) is 17.2 Å². The molecule has 0 saturated heterocycles. The van der Waals surface area contributed by atoms with Crippen molar-refractivity contribution in [3.05, 3.63) is 47.8 Å². The summed E-state index contributed by atoms with van der Waals surface area (Å²) in [6, 6.07) is 8.93. The topological polar surface area (TPSA) is 66.9 Å². The van der Waals surface area contributed by atoms with Crippen LogP contribution in [-0.2, 0) is 5.41 Å². The smallest absolute Gasteiger partial charge is 0.257 e. The fourth-order valence-electron chi connectivity index (χ4n) is 1.80. The van der Waals surface area contributed by atoms with Gasteiger partial charge >= 0.3 is 0 Å². The van der Waals surface area contributed by atoms with Crippen molar-refractivity contribution >= 4 is 17.5 Å². The Balaban J connectivity index is 2.32. The van der Waals surface area contributed by atoms with Crippen molar-refractivity contribution in [2.45, 2.75) is 26.2 Å². The van der Waals surface area contributed by atoms with Crippen molar-refractivity contribution in [1.82, 2.24) is 9.97 Å². The van der Waals surface area contributed by atoms with E-state index in [-0.39, 0.29) is 11.3 Å². The van der Waals surface area contributed by atoms with Crippen LogP contribution >= 0.6 is 0 Å². The SMILES string of the molecule is CNc1cc(C(=O)Nc2ccccn2)cc(C(C)(C)C)n1. The third-order valence-electron chi connectivity index (χ3n) is 3.02. The molecule has 0 atom stereocenters. The molecule has 2 heterocycles. The maximum atomic E-state index is 12.4. The van der Waals surface area contributed by atoms with Gasteiger partial charge in [-0.25, -0.2) is 9.97 Å². The van der Waals surface area contributed by atoms with E-state index in [2.05, 4.69) is 41.4 Å². The molecule has 2 aromatic rings. The van der Waals surface area contributed by atoms with E-state index in [1.807, 2.05) is 12.1 Å². The minimum absolute atomic E-state index is 0.132. The molecule has 2 N–H and O–H groups in total. The summed E-state index contributed by atoms with van der Waals surface area (Å²) in [5, 5.41) is 5.77. The van der Waals surface area contributed by atoms with Crippen molar-refractivity contribution in [3.8, 4) is 0 Å². The molecule has 0 fully saturated rings. The van der Waals surface area contributed by atoms with Gasteiger partial charge in [-0.05, 0) is 24.3 Å². The van der Waals surface area contributed by atoms with Gasteiger partial charge in [0.15, 0.2) is 0 Å². The van der Waals surface area contributed by atoms with Gasteiger partial charge in [0.25, 0.3) is 5.91 Å². The average Bonchev–Trinajstić information content (AvgIpc) is 2.46. The van der Waals surface area contributed by atoms with Crippen LogP contribution in [0.5, 0.6) is 0 Å². The minimum atomic E-state index is -0.196. The highest BCUT2D eigenvalue weighted by atomic mass is 16.1. The number of carbonyl (C=O) groups excluding carboxylic acids is 1. The van der Waals surface area contributed by atoms with Gasteiger partial charge in [-0.1, -0.05) is 26.8 Å². The molecule has 0 aliphatic carbocycles. The van der Waals surface area contributed by atoms with Gasteiger partial charge in [0.05, 0.1) is 0 Å². The zero-order valence-corrected chi connectivity index (χ0v) is 12.8. The fraction of sp³-hybridized carbons (Fsp3) is 0.312. The lowest BCUT2D eigenvalue weighted by Gasteiger charge is -2.19. The fourth-order valence-corrected chi connectivity index (χ4v) is 1.80. The number of amides is 1. The Morgan fingerprint density at radius 2 is 1.90 bits per heavy atom. The average molecular weight is 284 g/mol. The third kappa shape index (κ3) is 3.78. The lowest BCUT2D eigenvalue weighted by Crippen LogP contribution is -2.18. The van der Waals surface area contributed by atoms with Gasteiger partial charge in [-0.2, -0.15) is 0 Å². The number of nitrogens with zero attached hydrogens (tertiary/aromatic N) is 2. The Morgan fingerprint density at radius 1 is 1.14 bits per heavy atom. The second kappa shape index (κ2) is 5.91. The normalized spacial score (nSPS) is 11.0. The summed E-state index contributed by atoms with van der Waals surface area (Å²) in [6.45, 7) is 6.19. The summed E-state index contributed by atoms with van der Waals surface area (Å²) in [7, 11) is 1.79. The molecule has 110 valence electrons. The van der Waals surface area contributed by atoms with E-state index in [1.165, 1.54) is 0 Å². The number of aromatic nitrogens is 2. The third-order valence-corrected chi connectivity index (χ3v) is 3.02. The van der Waals surface area contributed by atoms with Crippen molar-refractivity contribution < 1.29 is 4.79 Å². The monoisotopic (exact) mass is 284 g/mol. The first-order valence-corrected chi connectivity index (χ1v) is 6.83. The van der Waals surface area contributed by atoms with E-state index < -0.39 is 0 Å². The predicted molar refractivity (Wildman–Crippen MR) is 84.7 cm³/mol. The van der Waals surface area contributed by atoms with Gasteiger partial charge in [0, 0.05) is 29.9 Å². The highest BCUT2D eigenvalue weighted by Crippen LogP contribution is 2.23. The zero-order valence-electron chi connectivity index (χ0n) is 12.8. The molecule has 0 spiro atoms. The standard InChI is InChI=1S/C16H20N4O/c1-16(2,3)12-9-11(10-14(17-4)19-12)15(21)20-13-7-5-6-8-18-13/h5-10H,1-4H3,(H,17,19)(H,18,20,21). The Hall–Kier alpha value is -2.43. The first-order chi connectivity index (χ1) is 9.90. The molecule has 1 amide bonds. The molecule has 0 bridgehead atoms. The van der Waals surface area contributed by atoms with Crippen LogP contribution in [0.4, 0.5) is 11.6 Å². The van der Waals surface area contributed by atoms with Crippen LogP contribution in [0, 0.1) is 0 Å². The van der Waals surface area contributed by atoms with Gasteiger partial charge in [0.2, 0.25) is 0 Å². The molecule has 5 nitrogen and oxygen atoms in total. The van der Waals surface area contributed by atoms with E-state index >= 15 is 0 Å². The molecular formula is C16H20N4O. The first kappa shape index (κ1) is 15.0. The molecule has 0 unspecified atom stereocenters. The number of rotatable bonds is 3. The van der Waals surface area contributed by atoms with Crippen LogP contribution < -0.4 is 10.6 Å². The molecule has 2 aromatic heterocycles. The lowest BCUT2D eigenvalue weighted by molar-refractivity contribution is 0.102. The Morgan fingerprint density at radius 3 is 2.48 bits per heavy atom. The van der Waals surface area contributed by atoms with E-state index in [1.54, 1.807) is 31.4 Å². The predicted octanol–water partition coefficient (Wildman–Crippen LogP) is 3.07. The van der Waals surface area contributed by atoms with E-state index in [0.717, 1.165) is 5.69 Å². The van der Waals surface area contributed by atoms with Crippen molar-refractivity contribution in [2.75, 3.05) is 17.7 Å². The Bertz CT molecular complexity index is 632. The maximum Gasteiger partial charge on any atom is 0.257 e. The van der Waals surface area contributed by atoms with Crippen LogP contribution in [0.2, 0.25) is 0 Å². The first-order valence-electron chi connectivity index (χ1n) is 6.83. The molecule has 0 saturated carbocycles. The van der Waals surface area contributed by atoms with Crippen molar-refractivity contribution in [2.24, 2.45) is 0 Å². The van der Waals surface area contributed by atoms with E-state index in [4.69, 9.17) is 0 Å². The zero-order chi connectivity index (χ0) is 15.5. The van der Waals surface area contributed by atoms with Gasteiger partial charge < -0.3 is 10.6 Å². The molecule has 5 heteroatoms. The summed E-state index contributed by atoms with van der Waals surface area (Å²) in [6.07, 6.45) is 1.64. The van der Waals surface area contributed by atoms with Gasteiger partial charge in [0.1, 0.15) is 11.6 Å². The highest BCUT2D eigenvalue weighted by Gasteiger charge is 2.19. The summed E-state index contributed by atoms with van der Waals surface area (Å²) in [4.78, 5) is 21.0. The Kier molecular flexibility index (Phi) is 4.21. The number of carbonyl (C=O) groups is 1. The van der Waals surface area contributed by atoms with Crippen LogP contribution in [0.3, 0.4) is 0 Å². The molecule has 2 rings (SSSR count). The van der Waals surface area contributed by atoms with Gasteiger partial charge in [-0.3, -0.25) is 4.79 Å². The highest BCUT2D eigenvalue weighted by molar-refractivity contribution is 6.04. The lowest BCUT2D eigenvalue weighted by atomic mass is 9.90. The van der Waals surface area contributed by atoms with Crippen LogP contribution in [0.15, 0.2) is 36.5 Å². The summed E-state index contributed by atoms with van der Waals surface area (Å²) in [5.74, 6) is 1.01. The van der Waals surface area contributed by atoms with E-state index in [9.17, 15) is 4.79 Å². The molecule has 21 heavy (non-hydrogen) atoms. The van der Waals surface area contributed by atoms with Crippen LogP contribution in [0.25, 0.3) is 0 Å². The van der Waals surface area contributed by atoms with Gasteiger partial charge in [-0.15, -0.1) is 0 Å². The molecule has 0 aromatic carbocycles. The second-order valence-electron chi connectivity index (χ2n) is 5.80. The number of hydrogen-bond donors (Lipinski definition) is 2. The molecule has 0 aliphatic heterocycles. The quantitative estimate of drug-likeness (QED) is 0.909. The minimum Gasteiger partial charge on any atom is -0.373 e. The largest absolute Gasteiger partial charge is 0.373 e. The Labute approximate surface area is 124 Å². The summed E-state index contributed by atoms with van der Waals surface area (Å²) in [5.41, 5.74) is 1.29. The second-order valence-corrected chi connectivity index (χ2v) is 5.80. The maximum absolute atomic E-state index is 12.4. The van der Waals surface area contributed by atoms with Crippen LogP contribution in [-0.4, -0.2) is 22.9 Å². The summed E-state index contributed by atoms with van der Waals surface area (Å²) < 4.78 is 0. The van der Waals surface area contributed by atoms with Crippen molar-refractivity contribution in [3.63, 3.8) is 0 Å². The van der Waals surface area contributed by atoms with Crippen LogP contribution in [0.1, 0.15) is 36.8 Å². The number of nitrogens with one attached hydrogen (secondary N) is 2.